The van der Waals surface area contributed by atoms with Gasteiger partial charge in [-0.2, -0.15) is 31.4 Å². The summed E-state index contributed by atoms with van der Waals surface area (Å²) in [4.78, 5) is 41.1. The van der Waals surface area contributed by atoms with Crippen LogP contribution in [0.25, 0.3) is 22.3 Å². The van der Waals surface area contributed by atoms with E-state index in [1.165, 1.54) is 31.1 Å². The second-order valence-corrected chi connectivity index (χ2v) is 12.5. The number of aryl methyl sites for hydroxylation is 1. The van der Waals surface area contributed by atoms with Crippen molar-refractivity contribution in [3.05, 3.63) is 70.4 Å². The molecule has 2 saturated heterocycles. The quantitative estimate of drug-likeness (QED) is 0.212. The Morgan fingerprint density at radius 2 is 1.65 bits per heavy atom. The maximum atomic E-state index is 13.8. The Morgan fingerprint density at radius 1 is 1.00 bits per heavy atom. The summed E-state index contributed by atoms with van der Waals surface area (Å²) in [6, 6.07) is 1.68. The zero-order valence-corrected chi connectivity index (χ0v) is 28.0. The maximum absolute atomic E-state index is 13.8. The molecule has 1 aromatic carbocycles. The van der Waals surface area contributed by atoms with E-state index in [-0.39, 0.29) is 49.8 Å². The maximum Gasteiger partial charge on any atom is 0.416 e. The molecule has 2 aliphatic rings. The Morgan fingerprint density at radius 3 is 2.23 bits per heavy atom. The number of carbonyl (C=O) groups is 2. The molecule has 0 bridgehead atoms. The number of anilines is 1. The highest BCUT2D eigenvalue weighted by molar-refractivity contribution is 5.80. The lowest BCUT2D eigenvalue weighted by atomic mass is 9.97. The third-order valence-electron chi connectivity index (χ3n) is 8.94. The fraction of sp³-hybridized carbons (Fsp3) is 0.394. The van der Waals surface area contributed by atoms with Gasteiger partial charge in [0.2, 0.25) is 17.7 Å². The molecule has 276 valence electrons. The van der Waals surface area contributed by atoms with E-state index in [0.29, 0.717) is 45.8 Å². The largest absolute Gasteiger partial charge is 0.481 e. The summed E-state index contributed by atoms with van der Waals surface area (Å²) in [5.74, 6) is -0.355. The van der Waals surface area contributed by atoms with Crippen LogP contribution >= 0.6 is 0 Å². The molecule has 0 radical (unpaired) electrons. The van der Waals surface area contributed by atoms with E-state index >= 15 is 0 Å². The van der Waals surface area contributed by atoms with Gasteiger partial charge in [0, 0.05) is 40.3 Å². The van der Waals surface area contributed by atoms with Gasteiger partial charge in [-0.05, 0) is 50.6 Å². The number of ether oxygens (including phenoxy) is 2. The number of cyclic esters (lactones) is 1. The smallest absolute Gasteiger partial charge is 0.416 e. The highest BCUT2D eigenvalue weighted by atomic mass is 19.4. The second-order valence-electron chi connectivity index (χ2n) is 12.5. The molecule has 2 fully saturated rings. The zero-order valence-electron chi connectivity index (χ0n) is 28.0. The first-order valence-electron chi connectivity index (χ1n) is 15.7. The van der Waals surface area contributed by atoms with E-state index in [4.69, 9.17) is 15.2 Å². The van der Waals surface area contributed by atoms with Crippen LogP contribution in [0.15, 0.2) is 36.7 Å². The number of aromatic nitrogens is 5. The van der Waals surface area contributed by atoms with E-state index < -0.39 is 59.4 Å². The van der Waals surface area contributed by atoms with Gasteiger partial charge in [-0.3, -0.25) is 14.4 Å². The van der Waals surface area contributed by atoms with E-state index in [9.17, 15) is 40.3 Å². The van der Waals surface area contributed by atoms with Crippen molar-refractivity contribution in [2.75, 3.05) is 25.1 Å². The molecule has 2 atom stereocenters. The number of carbonyl (C=O) groups excluding carboxylic acids is 2. The number of nitrogens with zero attached hydrogens (tertiary/aromatic N) is 7. The first-order valence-corrected chi connectivity index (χ1v) is 15.7. The molecule has 19 heteroatoms. The van der Waals surface area contributed by atoms with Crippen molar-refractivity contribution in [3.8, 4) is 28.1 Å². The monoisotopic (exact) mass is 736 g/mol. The lowest BCUT2D eigenvalue weighted by Crippen LogP contribution is -2.49. The molecule has 6 rings (SSSR count). The van der Waals surface area contributed by atoms with Crippen molar-refractivity contribution in [1.29, 1.82) is 0 Å². The van der Waals surface area contributed by atoms with Crippen LogP contribution in [0.4, 0.5) is 41.5 Å². The van der Waals surface area contributed by atoms with Gasteiger partial charge in [-0.1, -0.05) is 0 Å². The third kappa shape index (κ3) is 6.90. The third-order valence-corrected chi connectivity index (χ3v) is 8.94. The molecule has 0 aliphatic carbocycles. The second kappa shape index (κ2) is 13.2. The van der Waals surface area contributed by atoms with Gasteiger partial charge in [-0.25, -0.2) is 24.1 Å². The number of hydrogen-bond donors (Lipinski definition) is 1. The molecule has 4 aromatic rings. The molecule has 2 N–H and O–H groups in total. The number of primary amides is 1. The molecule has 5 heterocycles. The molecule has 0 unspecified atom stereocenters. The summed E-state index contributed by atoms with van der Waals surface area (Å²) in [6.07, 6.45) is -10.9. The molecule has 3 aromatic heterocycles. The van der Waals surface area contributed by atoms with Gasteiger partial charge < -0.3 is 20.1 Å². The van der Waals surface area contributed by atoms with Gasteiger partial charge >= 0.3 is 18.4 Å². The van der Waals surface area contributed by atoms with Crippen LogP contribution in [-0.2, 0) is 35.0 Å². The van der Waals surface area contributed by atoms with Crippen LogP contribution in [0.5, 0.6) is 5.88 Å². The van der Waals surface area contributed by atoms with Crippen molar-refractivity contribution < 1.29 is 49.8 Å². The Bertz CT molecular complexity index is 2010. The van der Waals surface area contributed by atoms with E-state index in [2.05, 4.69) is 20.1 Å². The summed E-state index contributed by atoms with van der Waals surface area (Å²) < 4.78 is 108. The van der Waals surface area contributed by atoms with Crippen molar-refractivity contribution in [1.82, 2.24) is 29.6 Å². The molecule has 0 saturated carbocycles. The number of hydrogen-bond acceptors (Lipinski definition) is 9. The Labute approximate surface area is 291 Å². The lowest BCUT2D eigenvalue weighted by molar-refractivity contribution is -0.143. The Hall–Kier alpha value is -5.49. The normalized spacial score (nSPS) is 18.1. The van der Waals surface area contributed by atoms with Crippen LogP contribution in [0, 0.1) is 13.8 Å². The van der Waals surface area contributed by atoms with Crippen molar-refractivity contribution in [3.63, 3.8) is 0 Å². The van der Waals surface area contributed by atoms with E-state index in [1.807, 2.05) is 0 Å². The molecule has 52 heavy (non-hydrogen) atoms. The lowest BCUT2D eigenvalue weighted by Gasteiger charge is -2.34. The molecule has 12 nitrogen and oxygen atoms in total. The number of nitrogens with two attached hydrogens (primary N) is 1. The number of benzene rings is 1. The van der Waals surface area contributed by atoms with Crippen LogP contribution in [0.3, 0.4) is 0 Å². The van der Waals surface area contributed by atoms with Crippen LogP contribution < -0.4 is 15.4 Å². The highest BCUT2D eigenvalue weighted by Crippen LogP contribution is 2.42. The Kier molecular flexibility index (Phi) is 9.25. The number of pyridine rings is 1. The minimum Gasteiger partial charge on any atom is -0.481 e. The van der Waals surface area contributed by atoms with Crippen molar-refractivity contribution >= 4 is 17.9 Å². The number of amides is 2. The molecule has 2 amide bonds. The average Bonchev–Trinajstić information content (AvgIpc) is 3.49. The van der Waals surface area contributed by atoms with Crippen molar-refractivity contribution in [2.45, 2.75) is 64.5 Å². The minimum atomic E-state index is -5.11. The number of methoxy groups -OCH3 is 1. The number of rotatable bonds is 9. The van der Waals surface area contributed by atoms with Crippen molar-refractivity contribution in [2.24, 2.45) is 5.73 Å². The summed E-state index contributed by atoms with van der Waals surface area (Å²) in [7, 11) is 1.37. The van der Waals surface area contributed by atoms with Gasteiger partial charge in [0.1, 0.15) is 18.8 Å². The fourth-order valence-electron chi connectivity index (χ4n) is 6.32. The first kappa shape index (κ1) is 36.3. The average molecular weight is 737 g/mol. The molecule has 2 aliphatic heterocycles. The highest BCUT2D eigenvalue weighted by Gasteiger charge is 2.44. The minimum absolute atomic E-state index is 0.00354. The summed E-state index contributed by atoms with van der Waals surface area (Å²) in [6.45, 7) is 4.41. The fourth-order valence-corrected chi connectivity index (χ4v) is 6.32. The summed E-state index contributed by atoms with van der Waals surface area (Å²) >= 11 is 0. The van der Waals surface area contributed by atoms with Gasteiger partial charge in [0.05, 0.1) is 55.3 Å². The van der Waals surface area contributed by atoms with Gasteiger partial charge in [0.25, 0.3) is 0 Å². The van der Waals surface area contributed by atoms with Crippen LogP contribution in [-0.4, -0.2) is 74.0 Å². The van der Waals surface area contributed by atoms with E-state index in [1.54, 1.807) is 24.8 Å². The molecular weight excluding hydrogens is 705 g/mol. The van der Waals surface area contributed by atoms with Gasteiger partial charge in [0.15, 0.2) is 0 Å². The number of halogens is 7. The predicted molar refractivity (Wildman–Crippen MR) is 169 cm³/mol. The SMILES string of the molecule is COc1ncc(-c2c(C)nn(CC(N)=O)c2C)cc1-c1cnc(N2CC(F)C2)nc1CN1C(=O)O[C@H](c2cc(C(F)(F)F)cc(C(F)(F)F)c2)[C@@H]1C. The number of alkyl halides is 7. The predicted octanol–water partition coefficient (Wildman–Crippen LogP) is 5.79. The summed E-state index contributed by atoms with van der Waals surface area (Å²) in [5, 5.41) is 4.41. The van der Waals surface area contributed by atoms with Crippen LogP contribution in [0.2, 0.25) is 0 Å². The first-order chi connectivity index (χ1) is 24.3. The topological polar surface area (TPSA) is 142 Å². The van der Waals surface area contributed by atoms with Gasteiger partial charge in [-0.15, -0.1) is 0 Å². The zero-order chi connectivity index (χ0) is 37.9. The van der Waals surface area contributed by atoms with Crippen LogP contribution in [0.1, 0.15) is 46.8 Å². The Balaban J connectivity index is 1.42. The molecule has 0 spiro atoms. The standard InChI is InChI=1S/C33H31F7N8O4/c1-15-27(16(2)48(45-15)14-26(41)49)19-7-23(29(51-4)42-9-19)24-10-43-30(46-11-22(34)12-46)44-25(24)13-47-17(3)28(52-31(47)50)18-5-20(32(35,36)37)8-21(6-18)33(38,39)40/h5-10,17,22,28H,11-14H2,1-4H3,(H2,41,49)/t17-,28-/m0/s1. The van der Waals surface area contributed by atoms with E-state index in [0.717, 1.165) is 4.90 Å². The molecular formula is C33H31F7N8O4. The summed E-state index contributed by atoms with van der Waals surface area (Å²) in [5.41, 5.74) is 4.98.